The maximum atomic E-state index is 11.7. The molecule has 2 atom stereocenters. The average Bonchev–Trinajstić information content (AvgIpc) is 2.47. The maximum absolute atomic E-state index is 11.7. The number of nitrogens with one attached hydrogen (secondary N) is 1. The number of carbonyl (C=O) groups is 1. The van der Waals surface area contributed by atoms with Gasteiger partial charge in [-0.05, 0) is 72.3 Å². The molecule has 0 heterocycles. The highest BCUT2D eigenvalue weighted by Crippen LogP contribution is 2.31. The number of aliphatic hydroxyl groups excluding tert-OH is 1. The van der Waals surface area contributed by atoms with E-state index in [1.165, 1.54) is 0 Å². The summed E-state index contributed by atoms with van der Waals surface area (Å²) in [6.45, 7) is 26.6. The molecule has 0 aromatic rings. The van der Waals surface area contributed by atoms with Crippen LogP contribution in [0.25, 0.3) is 0 Å². The second kappa shape index (κ2) is 11.7. The number of amides is 1. The van der Waals surface area contributed by atoms with E-state index in [1.54, 1.807) is 6.92 Å². The van der Waals surface area contributed by atoms with Crippen LogP contribution >= 0.6 is 0 Å². The molecule has 2 N–H and O–H groups in total. The van der Waals surface area contributed by atoms with Crippen LogP contribution < -0.4 is 5.32 Å². The van der Waals surface area contributed by atoms with Crippen LogP contribution in [0.5, 0.6) is 0 Å². The minimum absolute atomic E-state index is 0.0584. The van der Waals surface area contributed by atoms with E-state index in [9.17, 15) is 9.90 Å². The predicted octanol–water partition coefficient (Wildman–Crippen LogP) is 3.87. The number of hydrogen-bond donors (Lipinski definition) is 2. The number of aliphatic hydroxyl groups is 1. The summed E-state index contributed by atoms with van der Waals surface area (Å²) in [4.78, 5) is 11.7. The second-order valence-corrected chi connectivity index (χ2v) is 27.6. The lowest BCUT2D eigenvalue weighted by atomic mass is 10.3. The van der Waals surface area contributed by atoms with Gasteiger partial charge in [0.25, 0.3) is 0 Å². The third kappa shape index (κ3) is 12.7. The Bertz CT molecular complexity index is 528. The summed E-state index contributed by atoms with van der Waals surface area (Å²) >= 11 is 0. The molecule has 0 spiro atoms. The van der Waals surface area contributed by atoms with Gasteiger partial charge in [0.2, 0.25) is 5.91 Å². The van der Waals surface area contributed by atoms with Crippen LogP contribution in [0.4, 0.5) is 0 Å². The van der Waals surface area contributed by atoms with Crippen molar-refractivity contribution in [2.24, 2.45) is 0 Å². The molecule has 0 aliphatic heterocycles. The van der Waals surface area contributed by atoms with Crippen LogP contribution in [0.2, 0.25) is 58.9 Å². The van der Waals surface area contributed by atoms with Gasteiger partial charge in [-0.1, -0.05) is 13.5 Å². The van der Waals surface area contributed by atoms with Gasteiger partial charge in [0.1, 0.15) is 5.73 Å². The number of carbonyl (C=O) groups excluding carboxylic acids is 1. The van der Waals surface area contributed by atoms with Crippen molar-refractivity contribution in [2.75, 3.05) is 13.2 Å². The number of hydrogen-bond acceptors (Lipinski definition) is 6. The molecule has 0 aliphatic rings. The lowest BCUT2D eigenvalue weighted by molar-refractivity contribution is -0.118. The highest BCUT2D eigenvalue weighted by Gasteiger charge is 2.56. The summed E-state index contributed by atoms with van der Waals surface area (Å²) < 4.78 is 26.3. The Labute approximate surface area is 188 Å². The van der Waals surface area contributed by atoms with Crippen molar-refractivity contribution in [3.63, 3.8) is 0 Å². The van der Waals surface area contributed by atoms with Crippen LogP contribution in [0.15, 0.2) is 12.2 Å². The number of ether oxygens (including phenoxy) is 1. The van der Waals surface area contributed by atoms with Crippen LogP contribution in [0.1, 0.15) is 20.3 Å². The minimum Gasteiger partial charge on any atom is -0.415 e. The van der Waals surface area contributed by atoms with Gasteiger partial charge < -0.3 is 27.5 Å². The van der Waals surface area contributed by atoms with Crippen molar-refractivity contribution >= 4 is 39.7 Å². The van der Waals surface area contributed by atoms with E-state index in [0.29, 0.717) is 12.0 Å². The average molecular weight is 496 g/mol. The Balaban J connectivity index is 5.67. The van der Waals surface area contributed by atoms with E-state index in [2.05, 4.69) is 70.8 Å². The molecule has 0 saturated carbocycles. The molecular weight excluding hydrogens is 451 g/mol. The fourth-order valence-corrected chi connectivity index (χ4v) is 16.9. The van der Waals surface area contributed by atoms with E-state index >= 15 is 0 Å². The maximum Gasteiger partial charge on any atom is 0.500 e. The molecule has 2 unspecified atom stereocenters. The van der Waals surface area contributed by atoms with Gasteiger partial charge in [-0.15, -0.1) is 0 Å². The van der Waals surface area contributed by atoms with E-state index in [4.69, 9.17) is 17.1 Å². The predicted molar refractivity (Wildman–Crippen MR) is 133 cm³/mol. The van der Waals surface area contributed by atoms with Crippen molar-refractivity contribution in [1.29, 1.82) is 0 Å². The Morgan fingerprint density at radius 1 is 0.933 bits per heavy atom. The fraction of sp³-hybridized carbons (Fsp3) is 0.842. The van der Waals surface area contributed by atoms with Gasteiger partial charge in [0.15, 0.2) is 25.0 Å². The summed E-state index contributed by atoms with van der Waals surface area (Å²) in [5, 5.41) is 13.0. The molecule has 0 rings (SSSR count). The van der Waals surface area contributed by atoms with Crippen molar-refractivity contribution in [3.8, 4) is 0 Å². The molecule has 0 bridgehead atoms. The largest absolute Gasteiger partial charge is 0.500 e. The molecule has 1 amide bonds. The zero-order chi connectivity index (χ0) is 24.0. The van der Waals surface area contributed by atoms with Gasteiger partial charge in [-0.2, -0.15) is 0 Å². The molecule has 178 valence electrons. The third-order valence-electron chi connectivity index (χ3n) is 3.49. The zero-order valence-corrected chi connectivity index (χ0v) is 25.0. The smallest absolute Gasteiger partial charge is 0.415 e. The quantitative estimate of drug-likeness (QED) is 0.281. The standard InChI is InChI=1S/C19H45NO6Si4/c1-13-18(23-15-17(21)14-20-19(22)16(2)3)30(24-27(4,5)6,25-28(7,8)9)26-29(10,11)12/h17-18,21H,2,13-15H2,1,3-12H3,(H,20,22). The normalized spacial score (nSPS) is 15.6. The SMILES string of the molecule is C=C(C)C(=O)NCC(O)COC(CC)[Si](O[Si](C)(C)C)(O[Si](C)(C)C)O[Si](C)(C)C. The highest BCUT2D eigenvalue weighted by atomic mass is 28.5. The third-order valence-corrected chi connectivity index (χ3v) is 15.6. The summed E-state index contributed by atoms with van der Waals surface area (Å²) in [7, 11) is -9.28. The lowest BCUT2D eigenvalue weighted by Gasteiger charge is -2.46. The molecule has 0 saturated heterocycles. The monoisotopic (exact) mass is 495 g/mol. The summed E-state index contributed by atoms with van der Waals surface area (Å²) in [5.41, 5.74) is 0.0192. The Hall–Kier alpha value is -0.122. The van der Waals surface area contributed by atoms with E-state index in [-0.39, 0.29) is 24.8 Å². The van der Waals surface area contributed by atoms with E-state index in [1.807, 2.05) is 6.92 Å². The Morgan fingerprint density at radius 2 is 1.33 bits per heavy atom. The molecule has 11 heteroatoms. The van der Waals surface area contributed by atoms with E-state index < -0.39 is 39.9 Å². The first-order valence-electron chi connectivity index (χ1n) is 10.6. The van der Waals surface area contributed by atoms with Gasteiger partial charge in [-0.25, -0.2) is 0 Å². The van der Waals surface area contributed by atoms with Crippen molar-refractivity contribution in [1.82, 2.24) is 5.32 Å². The zero-order valence-electron chi connectivity index (χ0n) is 21.0. The molecule has 0 fully saturated rings. The Morgan fingerprint density at radius 3 is 1.63 bits per heavy atom. The first kappa shape index (κ1) is 29.9. The lowest BCUT2D eigenvalue weighted by Crippen LogP contribution is -2.67. The van der Waals surface area contributed by atoms with Crippen molar-refractivity contribution in [3.05, 3.63) is 12.2 Å². The first-order valence-corrected chi connectivity index (χ1v) is 22.7. The molecular formula is C19H45NO6Si4. The van der Waals surface area contributed by atoms with Crippen LogP contribution in [-0.4, -0.2) is 69.8 Å². The van der Waals surface area contributed by atoms with Gasteiger partial charge in [0.05, 0.1) is 12.7 Å². The van der Waals surface area contributed by atoms with Gasteiger partial charge in [-0.3, -0.25) is 4.79 Å². The van der Waals surface area contributed by atoms with Crippen LogP contribution in [0.3, 0.4) is 0 Å². The Kier molecular flexibility index (Phi) is 11.6. The summed E-state index contributed by atoms with van der Waals surface area (Å²) in [6, 6.07) is 0. The molecule has 0 aromatic carbocycles. The van der Waals surface area contributed by atoms with Crippen LogP contribution in [0, 0.1) is 0 Å². The molecule has 7 nitrogen and oxygen atoms in total. The fourth-order valence-electron chi connectivity index (χ4n) is 2.66. The first-order chi connectivity index (χ1) is 13.3. The summed E-state index contributed by atoms with van der Waals surface area (Å²) in [5.74, 6) is -0.281. The van der Waals surface area contributed by atoms with Crippen molar-refractivity contribution < 1.29 is 27.0 Å². The topological polar surface area (TPSA) is 86.3 Å². The minimum atomic E-state index is -3.21. The van der Waals surface area contributed by atoms with Crippen LogP contribution in [-0.2, 0) is 21.9 Å². The highest BCUT2D eigenvalue weighted by molar-refractivity contribution is 6.90. The summed E-state index contributed by atoms with van der Waals surface area (Å²) in [6.07, 6.45) is -0.198. The molecule has 0 radical (unpaired) electrons. The van der Waals surface area contributed by atoms with Gasteiger partial charge in [0, 0.05) is 12.1 Å². The molecule has 0 aliphatic carbocycles. The molecule has 0 aromatic heterocycles. The van der Waals surface area contributed by atoms with Crippen molar-refractivity contribution in [2.45, 2.75) is 91.0 Å². The van der Waals surface area contributed by atoms with E-state index in [0.717, 1.165) is 0 Å². The molecule has 30 heavy (non-hydrogen) atoms. The second-order valence-electron chi connectivity index (χ2n) is 10.6. The van der Waals surface area contributed by atoms with Gasteiger partial charge >= 0.3 is 8.80 Å². The number of rotatable bonds is 14.